The molecule has 0 radical (unpaired) electrons. The first-order chi connectivity index (χ1) is 18.8. The van der Waals surface area contributed by atoms with Crippen LogP contribution in [-0.2, 0) is 48.6 Å². The van der Waals surface area contributed by atoms with Crippen LogP contribution in [0.2, 0.25) is 13.1 Å². The van der Waals surface area contributed by atoms with Crippen LogP contribution in [0.3, 0.4) is 0 Å². The Kier molecular flexibility index (Phi) is 25.7. The van der Waals surface area contributed by atoms with Gasteiger partial charge in [0.2, 0.25) is 0 Å². The summed E-state index contributed by atoms with van der Waals surface area (Å²) in [6.45, 7) is 11.1. The van der Waals surface area contributed by atoms with Crippen molar-refractivity contribution in [2.75, 3.05) is 20.3 Å². The number of halogens is 3. The number of aliphatic hydroxyl groups is 1. The smallest absolute Gasteiger partial charge is 0.494 e. The summed E-state index contributed by atoms with van der Waals surface area (Å²) in [5, 5.41) is 9.20. The van der Waals surface area contributed by atoms with Crippen LogP contribution in [0.25, 0.3) is 4.13 Å². The van der Waals surface area contributed by atoms with E-state index in [2.05, 4.69) is 4.13 Å². The van der Waals surface area contributed by atoms with Crippen LogP contribution in [0.5, 0.6) is 0 Å². The number of hydrogen-bond donors (Lipinski definition) is 1. The van der Waals surface area contributed by atoms with E-state index in [1.165, 1.54) is 19.2 Å². The maximum Gasteiger partial charge on any atom is 1.00 e. The Labute approximate surface area is 301 Å². The van der Waals surface area contributed by atoms with Gasteiger partial charge in [0.15, 0.2) is 10.0 Å². The fourth-order valence-electron chi connectivity index (χ4n) is 4.48. The van der Waals surface area contributed by atoms with Crippen LogP contribution < -0.4 is 18.9 Å². The molecular formula is C30H59F3LiNO10S2Si. The van der Waals surface area contributed by atoms with Gasteiger partial charge in [-0.3, -0.25) is 9.59 Å². The molecule has 282 valence electrons. The molecule has 11 nitrogen and oxygen atoms in total. The number of carbonyl (C=O) groups excluding carboxylic acids is 2. The standard InChI is InChI=1S/C25H39F3NO10S2Si.5CH4.Li/c1-9-23(4,21(32)39-42(7,8)37-6)17-24(5,20(31)38-15-14-30)16-22(2,3)18-10-12-19(13-11-18)40(33,34)29-41(35,36)25(26,27)28;;;;;;/h10-13,30H,9,14-17H2,1-8H3;5*1H4;/q-1;;;;;;+1. The Hall–Kier alpha value is -1.46. The second kappa shape index (κ2) is 21.0. The van der Waals surface area contributed by atoms with Crippen LogP contribution in [-0.4, -0.2) is 68.3 Å². The van der Waals surface area contributed by atoms with Gasteiger partial charge in [0, 0.05) is 12.0 Å². The van der Waals surface area contributed by atoms with E-state index >= 15 is 0 Å². The number of ether oxygens (including phenoxy) is 1. The van der Waals surface area contributed by atoms with Crippen LogP contribution in [0.15, 0.2) is 29.2 Å². The van der Waals surface area contributed by atoms with Gasteiger partial charge in [-0.25, -0.2) is 16.8 Å². The Morgan fingerprint density at radius 1 is 0.854 bits per heavy atom. The number of esters is 1. The molecule has 1 N–H and O–H groups in total. The summed E-state index contributed by atoms with van der Waals surface area (Å²) in [4.78, 5) is 25.8. The summed E-state index contributed by atoms with van der Waals surface area (Å²) in [7, 11) is -12.9. The van der Waals surface area contributed by atoms with Crippen LogP contribution in [0.1, 0.15) is 96.6 Å². The zero-order valence-electron chi connectivity index (χ0n) is 25.9. The average molecular weight is 750 g/mol. The number of alkyl halides is 3. The zero-order valence-corrected chi connectivity index (χ0v) is 28.5. The molecule has 0 aliphatic heterocycles. The van der Waals surface area contributed by atoms with E-state index in [0.29, 0.717) is 12.0 Å². The molecule has 0 bridgehead atoms. The number of sulfonamides is 2. The molecule has 1 aromatic carbocycles. The quantitative estimate of drug-likeness (QED) is 0.197. The van der Waals surface area contributed by atoms with Crippen molar-refractivity contribution in [3.63, 3.8) is 0 Å². The van der Waals surface area contributed by atoms with Crippen molar-refractivity contribution in [3.8, 4) is 0 Å². The third-order valence-electron chi connectivity index (χ3n) is 6.96. The fraction of sp³-hybridized carbons (Fsp3) is 0.733. The van der Waals surface area contributed by atoms with E-state index in [1.807, 2.05) is 0 Å². The second-order valence-corrected chi connectivity index (χ2v) is 18.4. The summed E-state index contributed by atoms with van der Waals surface area (Å²) in [5.74, 6) is -1.26. The second-order valence-electron chi connectivity index (χ2n) is 11.6. The molecule has 48 heavy (non-hydrogen) atoms. The molecule has 0 spiro atoms. The van der Waals surface area contributed by atoms with Crippen molar-refractivity contribution in [1.82, 2.24) is 0 Å². The van der Waals surface area contributed by atoms with Gasteiger partial charge in [-0.1, -0.05) is 70.0 Å². The monoisotopic (exact) mass is 749 g/mol. The molecule has 1 rings (SSSR count). The summed E-state index contributed by atoms with van der Waals surface area (Å²) in [5.41, 5.74) is -8.88. The van der Waals surface area contributed by atoms with E-state index < -0.39 is 73.8 Å². The first kappa shape index (κ1) is 58.7. The molecule has 0 aromatic heterocycles. The van der Waals surface area contributed by atoms with Gasteiger partial charge in [-0.05, 0) is 69.3 Å². The minimum Gasteiger partial charge on any atom is -0.494 e. The average Bonchev–Trinajstić information content (AvgIpc) is 2.85. The number of hydrogen-bond acceptors (Lipinski definition) is 10. The van der Waals surface area contributed by atoms with Gasteiger partial charge in [0.25, 0.3) is 5.97 Å². The maximum atomic E-state index is 13.3. The van der Waals surface area contributed by atoms with Crippen molar-refractivity contribution >= 4 is 40.5 Å². The van der Waals surface area contributed by atoms with Gasteiger partial charge >= 0.3 is 38.9 Å². The van der Waals surface area contributed by atoms with Crippen LogP contribution in [0, 0.1) is 10.8 Å². The molecule has 0 saturated carbocycles. The van der Waals surface area contributed by atoms with Gasteiger partial charge < -0.3 is 22.8 Å². The number of aliphatic hydroxyl groups excluding tert-OH is 1. The van der Waals surface area contributed by atoms with Crippen LogP contribution >= 0.6 is 0 Å². The molecular weight excluding hydrogens is 690 g/mol. The summed E-state index contributed by atoms with van der Waals surface area (Å²) < 4.78 is 103. The fourth-order valence-corrected chi connectivity index (χ4v) is 7.45. The summed E-state index contributed by atoms with van der Waals surface area (Å²) in [6.07, 6.45) is 0.301. The molecule has 0 fully saturated rings. The Morgan fingerprint density at radius 2 is 1.31 bits per heavy atom. The van der Waals surface area contributed by atoms with E-state index in [0.717, 1.165) is 12.1 Å². The van der Waals surface area contributed by atoms with Gasteiger partial charge in [0.05, 0.1) is 17.4 Å². The minimum absolute atomic E-state index is 0. The van der Waals surface area contributed by atoms with Crippen molar-refractivity contribution in [3.05, 3.63) is 34.0 Å². The molecule has 0 aliphatic carbocycles. The number of benzene rings is 1. The molecule has 0 saturated heterocycles. The first-order valence-corrected chi connectivity index (χ1v) is 18.5. The third kappa shape index (κ3) is 15.2. The number of nitrogens with zero attached hydrogens (tertiary/aromatic N) is 1. The molecule has 2 unspecified atom stereocenters. The number of rotatable bonds is 15. The Bertz CT molecular complexity index is 1340. The van der Waals surface area contributed by atoms with Crippen molar-refractivity contribution in [2.45, 2.75) is 120 Å². The van der Waals surface area contributed by atoms with E-state index in [9.17, 15) is 44.7 Å². The van der Waals surface area contributed by atoms with Crippen molar-refractivity contribution in [1.29, 1.82) is 0 Å². The molecule has 2 atom stereocenters. The van der Waals surface area contributed by atoms with Crippen molar-refractivity contribution in [2.24, 2.45) is 10.8 Å². The minimum atomic E-state index is -6.30. The normalized spacial score (nSPS) is 14.2. The molecule has 0 amide bonds. The predicted molar refractivity (Wildman–Crippen MR) is 183 cm³/mol. The molecule has 0 aliphatic rings. The van der Waals surface area contributed by atoms with Gasteiger partial charge in [-0.2, -0.15) is 13.2 Å². The van der Waals surface area contributed by atoms with Crippen LogP contribution in [0.4, 0.5) is 13.2 Å². The largest absolute Gasteiger partial charge is 1.00 e. The van der Waals surface area contributed by atoms with E-state index in [-0.39, 0.29) is 75.4 Å². The van der Waals surface area contributed by atoms with Gasteiger partial charge in [0.1, 0.15) is 16.6 Å². The number of carbonyl (C=O) groups is 2. The Balaban J connectivity index is -0.000000735. The first-order valence-electron chi connectivity index (χ1n) is 12.8. The SMILES string of the molecule is C.C.C.C.C.CCC(C)(CC(C)(CC(C)(C)c1ccc(S(=O)(=O)[N-]S(=O)(=O)C(F)(F)F)cc1)C(=O)OCCO)C(=O)O[Si](C)(C)OC.[Li+]. The third-order valence-corrected chi connectivity index (χ3v) is 11.6. The topological polar surface area (TPSA) is 164 Å². The van der Waals surface area contributed by atoms with E-state index in [4.69, 9.17) is 13.6 Å². The maximum absolute atomic E-state index is 13.3. The van der Waals surface area contributed by atoms with Crippen molar-refractivity contribution < 1.29 is 77.2 Å². The van der Waals surface area contributed by atoms with E-state index in [1.54, 1.807) is 47.7 Å². The summed E-state index contributed by atoms with van der Waals surface area (Å²) >= 11 is 0. The molecule has 18 heteroatoms. The molecule has 0 heterocycles. The Morgan fingerprint density at radius 3 is 1.69 bits per heavy atom. The summed E-state index contributed by atoms with van der Waals surface area (Å²) in [6, 6.07) is 4.35. The van der Waals surface area contributed by atoms with Gasteiger partial charge in [-0.15, -0.1) is 0 Å². The zero-order chi connectivity index (χ0) is 33.0. The molecule has 1 aromatic rings. The predicted octanol–water partition coefficient (Wildman–Crippen LogP) is 4.69.